The summed E-state index contributed by atoms with van der Waals surface area (Å²) in [6.45, 7) is 3.43. The topological polar surface area (TPSA) is 189 Å². The Morgan fingerprint density at radius 3 is 1.39 bits per heavy atom. The van der Waals surface area contributed by atoms with E-state index in [0.717, 1.165) is 51.4 Å². The van der Waals surface area contributed by atoms with Crippen LogP contribution < -0.4 is 5.32 Å². The van der Waals surface area contributed by atoms with E-state index in [0.29, 0.717) is 12.8 Å². The van der Waals surface area contributed by atoms with Gasteiger partial charge in [0.05, 0.1) is 25.4 Å². The molecule has 1 aliphatic rings. The SMILES string of the molecule is CCCCCCCCC/C=C\CCCCCCC(O)C(=O)NC(COC1OC(CO)C(O)C(O)C1O)C(O)C(O)CCC/C=C/CCCCCCCCCCCCCCCCC. The van der Waals surface area contributed by atoms with Crippen LogP contribution in [0.15, 0.2) is 24.3 Å². The molecule has 0 aromatic heterocycles. The molecule has 0 aromatic rings. The lowest BCUT2D eigenvalue weighted by Crippen LogP contribution is -2.60. The number of ether oxygens (including phenoxy) is 2. The second kappa shape index (κ2) is 41.1. The van der Waals surface area contributed by atoms with E-state index < -0.39 is 74.2 Å². The van der Waals surface area contributed by atoms with Crippen LogP contribution in [0.4, 0.5) is 0 Å². The van der Waals surface area contributed by atoms with Crippen LogP contribution in [0.2, 0.25) is 0 Å². The molecule has 0 aliphatic carbocycles. The molecule has 1 rings (SSSR count). The summed E-state index contributed by atoms with van der Waals surface area (Å²) in [5, 5.41) is 75.8. The standard InChI is InChI=1S/C51H97NO10/c1-3-5-7-9-11-13-15-17-19-20-21-22-23-25-26-28-30-32-34-36-38-43(54)46(56)42(41-61-51-49(59)48(58)47(57)45(40-53)62-51)52-50(60)44(55)39-37-35-33-31-29-27-24-18-16-14-12-10-8-6-4-2/h24,27,30,32,42-49,51,53-59H,3-23,25-26,28-29,31,33-41H2,1-2H3,(H,52,60)/b27-24-,32-30+. The maximum absolute atomic E-state index is 13.1. The molecule has 1 aliphatic heterocycles. The average molecular weight is 884 g/mol. The van der Waals surface area contributed by atoms with E-state index in [-0.39, 0.29) is 12.8 Å². The zero-order valence-electron chi connectivity index (χ0n) is 39.6. The Morgan fingerprint density at radius 2 is 0.952 bits per heavy atom. The van der Waals surface area contributed by atoms with Crippen molar-refractivity contribution in [2.45, 2.75) is 281 Å². The van der Waals surface area contributed by atoms with Crippen LogP contribution in [0.3, 0.4) is 0 Å². The van der Waals surface area contributed by atoms with E-state index in [2.05, 4.69) is 43.5 Å². The van der Waals surface area contributed by atoms with Gasteiger partial charge in [0.15, 0.2) is 6.29 Å². The van der Waals surface area contributed by atoms with Crippen molar-refractivity contribution in [1.29, 1.82) is 0 Å². The van der Waals surface area contributed by atoms with Gasteiger partial charge in [0, 0.05) is 0 Å². The molecule has 62 heavy (non-hydrogen) atoms. The van der Waals surface area contributed by atoms with Gasteiger partial charge in [0.1, 0.15) is 36.6 Å². The molecular formula is C51H97NO10. The number of rotatable bonds is 43. The van der Waals surface area contributed by atoms with Crippen LogP contribution in [0.5, 0.6) is 0 Å². The fourth-order valence-corrected chi connectivity index (χ4v) is 8.20. The van der Waals surface area contributed by atoms with Crippen LogP contribution in [-0.4, -0.2) is 110 Å². The van der Waals surface area contributed by atoms with E-state index in [1.54, 1.807) is 0 Å². The first-order chi connectivity index (χ1) is 30.2. The lowest BCUT2D eigenvalue weighted by Gasteiger charge is -2.40. The van der Waals surface area contributed by atoms with Crippen molar-refractivity contribution in [3.63, 3.8) is 0 Å². The number of hydrogen-bond donors (Lipinski definition) is 8. The second-order valence-corrected chi connectivity index (χ2v) is 18.2. The van der Waals surface area contributed by atoms with E-state index in [1.165, 1.54) is 135 Å². The Bertz CT molecular complexity index is 1060. The van der Waals surface area contributed by atoms with E-state index in [1.807, 2.05) is 0 Å². The minimum Gasteiger partial charge on any atom is -0.394 e. The summed E-state index contributed by atoms with van der Waals surface area (Å²) >= 11 is 0. The van der Waals surface area contributed by atoms with Crippen LogP contribution in [0.1, 0.15) is 226 Å². The largest absolute Gasteiger partial charge is 0.394 e. The van der Waals surface area contributed by atoms with E-state index in [9.17, 15) is 40.5 Å². The third-order valence-electron chi connectivity index (χ3n) is 12.5. The van der Waals surface area contributed by atoms with Gasteiger partial charge in [0.2, 0.25) is 5.91 Å². The van der Waals surface area contributed by atoms with Gasteiger partial charge in [-0.3, -0.25) is 4.79 Å². The number of unbranched alkanes of at least 4 members (excludes halogenated alkanes) is 27. The molecule has 11 heteroatoms. The third-order valence-corrected chi connectivity index (χ3v) is 12.5. The zero-order chi connectivity index (χ0) is 45.5. The number of carbonyl (C=O) groups excluding carboxylic acids is 1. The van der Waals surface area contributed by atoms with Gasteiger partial charge in [-0.15, -0.1) is 0 Å². The highest BCUT2D eigenvalue weighted by atomic mass is 16.7. The fourth-order valence-electron chi connectivity index (χ4n) is 8.20. The Kier molecular flexibility index (Phi) is 38.8. The maximum Gasteiger partial charge on any atom is 0.249 e. The normalized spacial score (nSPS) is 21.5. The molecule has 8 N–H and O–H groups in total. The smallest absolute Gasteiger partial charge is 0.249 e. The number of hydrogen-bond acceptors (Lipinski definition) is 10. The third kappa shape index (κ3) is 29.9. The number of amides is 1. The number of nitrogens with one attached hydrogen (secondary N) is 1. The minimum atomic E-state index is -1.67. The number of aliphatic hydroxyl groups excluding tert-OH is 7. The number of carbonyl (C=O) groups is 1. The van der Waals surface area contributed by atoms with E-state index in [4.69, 9.17) is 9.47 Å². The van der Waals surface area contributed by atoms with Crippen molar-refractivity contribution in [3.8, 4) is 0 Å². The minimum absolute atomic E-state index is 0.241. The van der Waals surface area contributed by atoms with Crippen molar-refractivity contribution in [1.82, 2.24) is 5.32 Å². The molecule has 0 spiro atoms. The van der Waals surface area contributed by atoms with Gasteiger partial charge in [0.25, 0.3) is 0 Å². The van der Waals surface area contributed by atoms with Crippen LogP contribution in [0.25, 0.3) is 0 Å². The molecule has 1 fully saturated rings. The molecule has 1 saturated heterocycles. The highest BCUT2D eigenvalue weighted by Gasteiger charge is 2.44. The van der Waals surface area contributed by atoms with Gasteiger partial charge < -0.3 is 50.5 Å². The van der Waals surface area contributed by atoms with Crippen molar-refractivity contribution < 1.29 is 50.0 Å². The molecule has 0 saturated carbocycles. The Balaban J connectivity index is 2.42. The van der Waals surface area contributed by atoms with Crippen LogP contribution in [0, 0.1) is 0 Å². The van der Waals surface area contributed by atoms with E-state index >= 15 is 0 Å². The second-order valence-electron chi connectivity index (χ2n) is 18.2. The molecule has 0 aromatic carbocycles. The summed E-state index contributed by atoms with van der Waals surface area (Å²) in [5.41, 5.74) is 0. The summed E-state index contributed by atoms with van der Waals surface area (Å²) in [4.78, 5) is 13.1. The molecule has 366 valence electrons. The van der Waals surface area contributed by atoms with Gasteiger partial charge >= 0.3 is 0 Å². The first kappa shape index (κ1) is 58.6. The van der Waals surface area contributed by atoms with Crippen molar-refractivity contribution in [3.05, 3.63) is 24.3 Å². The number of allylic oxidation sites excluding steroid dienone is 4. The zero-order valence-corrected chi connectivity index (χ0v) is 39.6. The van der Waals surface area contributed by atoms with Crippen molar-refractivity contribution in [2.24, 2.45) is 0 Å². The molecule has 9 atom stereocenters. The Morgan fingerprint density at radius 1 is 0.548 bits per heavy atom. The Hall–Kier alpha value is -1.41. The predicted octanol–water partition coefficient (Wildman–Crippen LogP) is 9.40. The summed E-state index contributed by atoms with van der Waals surface area (Å²) in [5.74, 6) is -0.714. The lowest BCUT2D eigenvalue weighted by atomic mass is 9.98. The van der Waals surface area contributed by atoms with Gasteiger partial charge in [-0.05, 0) is 64.2 Å². The summed E-state index contributed by atoms with van der Waals surface area (Å²) in [7, 11) is 0. The first-order valence-corrected chi connectivity index (χ1v) is 25.7. The van der Waals surface area contributed by atoms with Gasteiger partial charge in [-0.2, -0.15) is 0 Å². The Labute approximate surface area is 378 Å². The van der Waals surface area contributed by atoms with Crippen LogP contribution in [-0.2, 0) is 14.3 Å². The fraction of sp³-hybridized carbons (Fsp3) is 0.902. The first-order valence-electron chi connectivity index (χ1n) is 25.7. The monoisotopic (exact) mass is 884 g/mol. The van der Waals surface area contributed by atoms with Gasteiger partial charge in [-0.1, -0.05) is 186 Å². The molecular weight excluding hydrogens is 787 g/mol. The molecule has 0 bridgehead atoms. The lowest BCUT2D eigenvalue weighted by molar-refractivity contribution is -0.303. The van der Waals surface area contributed by atoms with Crippen molar-refractivity contribution >= 4 is 5.91 Å². The van der Waals surface area contributed by atoms with Gasteiger partial charge in [-0.25, -0.2) is 0 Å². The number of aliphatic hydroxyl groups is 7. The molecule has 1 amide bonds. The molecule has 11 nitrogen and oxygen atoms in total. The summed E-state index contributed by atoms with van der Waals surface area (Å²) in [6.07, 6.45) is 35.1. The molecule has 1 heterocycles. The van der Waals surface area contributed by atoms with Crippen molar-refractivity contribution in [2.75, 3.05) is 13.2 Å². The predicted molar refractivity (Wildman–Crippen MR) is 252 cm³/mol. The molecule has 9 unspecified atom stereocenters. The summed E-state index contributed by atoms with van der Waals surface area (Å²) in [6, 6.07) is -1.19. The quantitative estimate of drug-likeness (QED) is 0.0216. The maximum atomic E-state index is 13.1. The highest BCUT2D eigenvalue weighted by molar-refractivity contribution is 5.80. The summed E-state index contributed by atoms with van der Waals surface area (Å²) < 4.78 is 11.1. The highest BCUT2D eigenvalue weighted by Crippen LogP contribution is 2.23. The average Bonchev–Trinajstić information content (AvgIpc) is 3.27. The molecule has 0 radical (unpaired) electrons. The van der Waals surface area contributed by atoms with Crippen LogP contribution >= 0.6 is 0 Å².